The summed E-state index contributed by atoms with van der Waals surface area (Å²) in [5.41, 5.74) is 0.340. The lowest BCUT2D eigenvalue weighted by Crippen LogP contribution is -2.18. The van der Waals surface area contributed by atoms with Crippen molar-refractivity contribution in [3.05, 3.63) is 35.7 Å². The van der Waals surface area contributed by atoms with Gasteiger partial charge in [-0.25, -0.2) is 9.18 Å². The SMILES string of the molecule is CNC(=O)CCCOc1c(F)cccc1/C=C/C(=O)O. The van der Waals surface area contributed by atoms with Crippen LogP contribution in [0, 0.1) is 5.82 Å². The monoisotopic (exact) mass is 281 g/mol. The molecule has 1 aromatic rings. The Bertz CT molecular complexity index is 514. The molecule has 0 aromatic heterocycles. The molecule has 0 bridgehead atoms. The zero-order chi connectivity index (χ0) is 15.0. The molecule has 0 fully saturated rings. The molecular formula is C14H16FNO4. The van der Waals surface area contributed by atoms with E-state index in [1.165, 1.54) is 25.3 Å². The summed E-state index contributed by atoms with van der Waals surface area (Å²) in [5.74, 6) is -1.83. The van der Waals surface area contributed by atoms with Gasteiger partial charge in [0.1, 0.15) is 0 Å². The fourth-order valence-electron chi connectivity index (χ4n) is 1.50. The lowest BCUT2D eigenvalue weighted by molar-refractivity contribution is -0.131. The van der Waals surface area contributed by atoms with Crippen LogP contribution in [0.1, 0.15) is 18.4 Å². The number of nitrogens with one attached hydrogen (secondary N) is 1. The molecule has 1 rings (SSSR count). The third-order valence-corrected chi connectivity index (χ3v) is 2.48. The minimum atomic E-state index is -1.13. The van der Waals surface area contributed by atoms with Gasteiger partial charge in [-0.15, -0.1) is 0 Å². The van der Waals surface area contributed by atoms with E-state index >= 15 is 0 Å². The van der Waals surface area contributed by atoms with Crippen LogP contribution in [0.25, 0.3) is 6.08 Å². The fraction of sp³-hybridized carbons (Fsp3) is 0.286. The van der Waals surface area contributed by atoms with Crippen molar-refractivity contribution in [1.82, 2.24) is 5.32 Å². The summed E-state index contributed by atoms with van der Waals surface area (Å²) in [4.78, 5) is 21.5. The van der Waals surface area contributed by atoms with E-state index in [0.29, 0.717) is 12.0 Å². The second kappa shape index (κ2) is 7.93. The Kier molecular flexibility index (Phi) is 6.22. The molecule has 0 saturated heterocycles. The van der Waals surface area contributed by atoms with Gasteiger partial charge in [-0.2, -0.15) is 0 Å². The molecule has 2 N–H and O–H groups in total. The van der Waals surface area contributed by atoms with Crippen molar-refractivity contribution in [3.8, 4) is 5.75 Å². The van der Waals surface area contributed by atoms with Crippen molar-refractivity contribution in [3.63, 3.8) is 0 Å². The number of para-hydroxylation sites is 1. The highest BCUT2D eigenvalue weighted by Gasteiger charge is 2.08. The number of hydrogen-bond donors (Lipinski definition) is 2. The molecular weight excluding hydrogens is 265 g/mol. The van der Waals surface area contributed by atoms with E-state index in [2.05, 4.69) is 5.32 Å². The van der Waals surface area contributed by atoms with Crippen molar-refractivity contribution in [2.24, 2.45) is 0 Å². The summed E-state index contributed by atoms with van der Waals surface area (Å²) < 4.78 is 18.9. The van der Waals surface area contributed by atoms with Crippen LogP contribution in [-0.4, -0.2) is 30.6 Å². The Morgan fingerprint density at radius 2 is 2.20 bits per heavy atom. The van der Waals surface area contributed by atoms with E-state index in [-0.39, 0.29) is 24.7 Å². The Labute approximate surface area is 116 Å². The van der Waals surface area contributed by atoms with Gasteiger partial charge in [-0.05, 0) is 18.6 Å². The zero-order valence-electron chi connectivity index (χ0n) is 11.1. The third kappa shape index (κ3) is 5.09. The van der Waals surface area contributed by atoms with Crippen LogP contribution in [0.3, 0.4) is 0 Å². The van der Waals surface area contributed by atoms with Gasteiger partial charge in [0.05, 0.1) is 6.61 Å². The van der Waals surface area contributed by atoms with Crippen LogP contribution < -0.4 is 10.1 Å². The highest BCUT2D eigenvalue weighted by molar-refractivity contribution is 5.85. The quantitative estimate of drug-likeness (QED) is 0.590. The molecule has 0 spiro atoms. The Morgan fingerprint density at radius 1 is 1.45 bits per heavy atom. The van der Waals surface area contributed by atoms with Gasteiger partial charge >= 0.3 is 5.97 Å². The van der Waals surface area contributed by atoms with Gasteiger partial charge in [0.25, 0.3) is 0 Å². The Balaban J connectivity index is 2.68. The predicted octanol–water partition coefficient (Wildman–Crippen LogP) is 1.83. The van der Waals surface area contributed by atoms with Gasteiger partial charge in [0.2, 0.25) is 5.91 Å². The summed E-state index contributed by atoms with van der Waals surface area (Å²) >= 11 is 0. The number of hydrogen-bond acceptors (Lipinski definition) is 3. The topological polar surface area (TPSA) is 75.6 Å². The fourth-order valence-corrected chi connectivity index (χ4v) is 1.50. The molecule has 5 nitrogen and oxygen atoms in total. The molecule has 1 amide bonds. The second-order valence-electron chi connectivity index (χ2n) is 3.95. The van der Waals surface area contributed by atoms with Gasteiger partial charge in [0.15, 0.2) is 11.6 Å². The molecule has 0 heterocycles. The lowest BCUT2D eigenvalue weighted by Gasteiger charge is -2.10. The maximum absolute atomic E-state index is 13.6. The summed E-state index contributed by atoms with van der Waals surface area (Å²) in [6.45, 7) is 0.169. The summed E-state index contributed by atoms with van der Waals surface area (Å²) in [6, 6.07) is 4.25. The molecule has 0 unspecified atom stereocenters. The first kappa shape index (κ1) is 15.7. The first-order chi connectivity index (χ1) is 9.54. The number of amides is 1. The van der Waals surface area contributed by atoms with Gasteiger partial charge in [0, 0.05) is 25.1 Å². The second-order valence-corrected chi connectivity index (χ2v) is 3.95. The maximum atomic E-state index is 13.6. The van der Waals surface area contributed by atoms with Gasteiger partial charge in [-0.3, -0.25) is 4.79 Å². The molecule has 0 radical (unpaired) electrons. The number of aliphatic carboxylic acids is 1. The van der Waals surface area contributed by atoms with Crippen LogP contribution >= 0.6 is 0 Å². The number of carboxylic acids is 1. The maximum Gasteiger partial charge on any atom is 0.328 e. The van der Waals surface area contributed by atoms with Crippen molar-refractivity contribution in [2.75, 3.05) is 13.7 Å². The standard InChI is InChI=1S/C14H16FNO4/c1-16-12(17)6-3-9-20-14-10(7-8-13(18)19)4-2-5-11(14)15/h2,4-5,7-8H,3,6,9H2,1H3,(H,16,17)(H,18,19)/b8-7+. The number of halogens is 1. The summed E-state index contributed by atoms with van der Waals surface area (Å²) in [7, 11) is 1.54. The van der Waals surface area contributed by atoms with Gasteiger partial charge in [-0.1, -0.05) is 12.1 Å². The molecule has 0 saturated carbocycles. The van der Waals surface area contributed by atoms with Crippen LogP contribution in [0.2, 0.25) is 0 Å². The zero-order valence-corrected chi connectivity index (χ0v) is 11.1. The van der Waals surface area contributed by atoms with Crippen molar-refractivity contribution < 1.29 is 23.8 Å². The predicted molar refractivity (Wildman–Crippen MR) is 71.9 cm³/mol. The van der Waals surface area contributed by atoms with Gasteiger partial charge < -0.3 is 15.2 Å². The molecule has 20 heavy (non-hydrogen) atoms. The average Bonchev–Trinajstić information content (AvgIpc) is 2.42. The number of carboxylic acid groups (broad SMARTS) is 1. The number of carbonyl (C=O) groups is 2. The molecule has 1 aromatic carbocycles. The minimum absolute atomic E-state index is 0.0121. The van der Waals surface area contributed by atoms with E-state index in [1.54, 1.807) is 6.07 Å². The van der Waals surface area contributed by atoms with E-state index in [9.17, 15) is 14.0 Å². The molecule has 0 aliphatic heterocycles. The Hall–Kier alpha value is -2.37. The largest absolute Gasteiger partial charge is 0.490 e. The van der Waals surface area contributed by atoms with E-state index in [4.69, 9.17) is 9.84 Å². The molecule has 0 aliphatic rings. The molecule has 6 heteroatoms. The van der Waals surface area contributed by atoms with Crippen molar-refractivity contribution in [2.45, 2.75) is 12.8 Å². The van der Waals surface area contributed by atoms with Crippen molar-refractivity contribution >= 4 is 18.0 Å². The van der Waals surface area contributed by atoms with E-state index in [1.807, 2.05) is 0 Å². The first-order valence-corrected chi connectivity index (χ1v) is 6.07. The van der Waals surface area contributed by atoms with Crippen LogP contribution in [0.5, 0.6) is 5.75 Å². The van der Waals surface area contributed by atoms with Crippen LogP contribution in [0.4, 0.5) is 4.39 Å². The highest BCUT2D eigenvalue weighted by Crippen LogP contribution is 2.24. The number of ether oxygens (including phenoxy) is 1. The van der Waals surface area contributed by atoms with Crippen LogP contribution in [0.15, 0.2) is 24.3 Å². The number of rotatable bonds is 7. The smallest absolute Gasteiger partial charge is 0.328 e. The normalized spacial score (nSPS) is 10.5. The number of carbonyl (C=O) groups excluding carboxylic acids is 1. The summed E-state index contributed by atoms with van der Waals surface area (Å²) in [6.07, 6.45) is 2.90. The van der Waals surface area contributed by atoms with E-state index < -0.39 is 11.8 Å². The molecule has 0 aliphatic carbocycles. The third-order valence-electron chi connectivity index (χ3n) is 2.48. The van der Waals surface area contributed by atoms with Crippen LogP contribution in [-0.2, 0) is 9.59 Å². The minimum Gasteiger partial charge on any atom is -0.490 e. The lowest BCUT2D eigenvalue weighted by atomic mass is 10.1. The van der Waals surface area contributed by atoms with E-state index in [0.717, 1.165) is 6.08 Å². The molecule has 0 atom stereocenters. The Morgan fingerprint density at radius 3 is 2.85 bits per heavy atom. The van der Waals surface area contributed by atoms with Crippen molar-refractivity contribution in [1.29, 1.82) is 0 Å². The first-order valence-electron chi connectivity index (χ1n) is 6.07. The summed E-state index contributed by atoms with van der Waals surface area (Å²) in [5, 5.41) is 11.0. The average molecular weight is 281 g/mol. The molecule has 108 valence electrons. The highest BCUT2D eigenvalue weighted by atomic mass is 19.1. The number of benzene rings is 1.